The first-order chi connectivity index (χ1) is 14.1. The van der Waals surface area contributed by atoms with E-state index in [4.69, 9.17) is 19.5 Å². The van der Waals surface area contributed by atoms with E-state index < -0.39 is 0 Å². The highest BCUT2D eigenvalue weighted by Crippen LogP contribution is 2.30. The Morgan fingerprint density at radius 3 is 2.52 bits per heavy atom. The molecule has 2 aromatic rings. The molecular formula is C20H23N5O4. The number of carbonyl (C=O) groups is 1. The number of nitriles is 1. The third-order valence-corrected chi connectivity index (χ3v) is 4.70. The molecule has 29 heavy (non-hydrogen) atoms. The van der Waals surface area contributed by atoms with E-state index in [0.717, 1.165) is 25.7 Å². The van der Waals surface area contributed by atoms with E-state index in [-0.39, 0.29) is 29.8 Å². The fraction of sp³-hybridized carbons (Fsp3) is 0.400. The van der Waals surface area contributed by atoms with Gasteiger partial charge in [0.05, 0.1) is 14.2 Å². The van der Waals surface area contributed by atoms with Crippen LogP contribution in [-0.4, -0.2) is 42.4 Å². The standard InChI is InChI=1S/C20H23N5O4/c1-27-17-8-5-14(11-18(17)28-2)25-20(26)24-13-3-6-15(7-4-13)29-19-16(12-21)22-9-10-23-19/h5,8-11,13,15H,3-4,6-7H2,1-2H3,(H2,24,25,26). The molecule has 3 rings (SSSR count). The van der Waals surface area contributed by atoms with Crippen LogP contribution in [0.2, 0.25) is 0 Å². The first kappa shape index (κ1) is 20.2. The third-order valence-electron chi connectivity index (χ3n) is 4.70. The lowest BCUT2D eigenvalue weighted by Gasteiger charge is -2.29. The average molecular weight is 397 g/mol. The van der Waals surface area contributed by atoms with Crippen LogP contribution in [0.25, 0.3) is 0 Å². The minimum Gasteiger partial charge on any atom is -0.493 e. The predicted octanol–water partition coefficient (Wildman–Crippen LogP) is 2.88. The van der Waals surface area contributed by atoms with E-state index in [9.17, 15) is 4.79 Å². The van der Waals surface area contributed by atoms with Crippen molar-refractivity contribution in [1.29, 1.82) is 5.26 Å². The van der Waals surface area contributed by atoms with E-state index in [1.54, 1.807) is 32.4 Å². The van der Waals surface area contributed by atoms with Crippen molar-refractivity contribution in [1.82, 2.24) is 15.3 Å². The second kappa shape index (κ2) is 9.59. The Labute approximate surface area is 169 Å². The molecule has 0 atom stereocenters. The number of urea groups is 1. The summed E-state index contributed by atoms with van der Waals surface area (Å²) < 4.78 is 16.3. The molecule has 2 amide bonds. The molecule has 0 unspecified atom stereocenters. The Hall–Kier alpha value is -3.54. The molecule has 1 aliphatic rings. The van der Waals surface area contributed by atoms with Crippen LogP contribution in [0.15, 0.2) is 30.6 Å². The molecule has 0 radical (unpaired) electrons. The highest BCUT2D eigenvalue weighted by Gasteiger charge is 2.25. The van der Waals surface area contributed by atoms with Gasteiger partial charge in [-0.2, -0.15) is 5.26 Å². The summed E-state index contributed by atoms with van der Waals surface area (Å²) in [4.78, 5) is 20.3. The first-order valence-electron chi connectivity index (χ1n) is 9.30. The number of methoxy groups -OCH3 is 2. The maximum Gasteiger partial charge on any atom is 0.319 e. The quantitative estimate of drug-likeness (QED) is 0.769. The van der Waals surface area contributed by atoms with Gasteiger partial charge in [0.1, 0.15) is 12.2 Å². The van der Waals surface area contributed by atoms with Gasteiger partial charge < -0.3 is 24.8 Å². The molecule has 1 aromatic carbocycles. The van der Waals surface area contributed by atoms with Crippen LogP contribution in [0.5, 0.6) is 17.4 Å². The molecule has 0 saturated heterocycles. The zero-order valence-corrected chi connectivity index (χ0v) is 16.3. The van der Waals surface area contributed by atoms with Gasteiger partial charge in [-0.3, -0.25) is 0 Å². The minimum absolute atomic E-state index is 0.0484. The van der Waals surface area contributed by atoms with Crippen LogP contribution in [-0.2, 0) is 0 Å². The van der Waals surface area contributed by atoms with Crippen molar-refractivity contribution in [3.05, 3.63) is 36.3 Å². The third kappa shape index (κ3) is 5.25. The number of nitrogens with zero attached hydrogens (tertiary/aromatic N) is 3. The van der Waals surface area contributed by atoms with Crippen molar-refractivity contribution in [2.24, 2.45) is 0 Å². The number of nitrogens with one attached hydrogen (secondary N) is 2. The maximum absolute atomic E-state index is 12.3. The van der Waals surface area contributed by atoms with Crippen molar-refractivity contribution in [2.75, 3.05) is 19.5 Å². The van der Waals surface area contributed by atoms with E-state index in [1.807, 2.05) is 6.07 Å². The van der Waals surface area contributed by atoms with Crippen LogP contribution in [0.3, 0.4) is 0 Å². The summed E-state index contributed by atoms with van der Waals surface area (Å²) >= 11 is 0. The largest absolute Gasteiger partial charge is 0.493 e. The van der Waals surface area contributed by atoms with Crippen molar-refractivity contribution in [3.63, 3.8) is 0 Å². The zero-order chi connectivity index (χ0) is 20.6. The lowest BCUT2D eigenvalue weighted by molar-refractivity contribution is 0.134. The fourth-order valence-corrected chi connectivity index (χ4v) is 3.24. The number of rotatable bonds is 6. The molecular weight excluding hydrogens is 374 g/mol. The normalized spacial score (nSPS) is 18.2. The van der Waals surface area contributed by atoms with Gasteiger partial charge in [-0.05, 0) is 37.8 Å². The minimum atomic E-state index is -0.276. The number of hydrogen-bond acceptors (Lipinski definition) is 7. The summed E-state index contributed by atoms with van der Waals surface area (Å²) in [5.41, 5.74) is 0.797. The number of amides is 2. The van der Waals surface area contributed by atoms with Crippen molar-refractivity contribution < 1.29 is 19.0 Å². The van der Waals surface area contributed by atoms with E-state index in [2.05, 4.69) is 20.6 Å². The molecule has 2 N–H and O–H groups in total. The van der Waals surface area contributed by atoms with Gasteiger partial charge in [0.15, 0.2) is 11.5 Å². The summed E-state index contributed by atoms with van der Waals surface area (Å²) in [5.74, 6) is 1.40. The molecule has 1 aliphatic carbocycles. The Morgan fingerprint density at radius 1 is 1.10 bits per heavy atom. The lowest BCUT2D eigenvalue weighted by Crippen LogP contribution is -2.41. The van der Waals surface area contributed by atoms with Crippen LogP contribution in [0.4, 0.5) is 10.5 Å². The van der Waals surface area contributed by atoms with E-state index in [0.29, 0.717) is 17.2 Å². The number of anilines is 1. The summed E-state index contributed by atoms with van der Waals surface area (Å²) in [6.45, 7) is 0. The summed E-state index contributed by atoms with van der Waals surface area (Å²) in [6.07, 6.45) is 5.96. The van der Waals surface area contributed by atoms with Crippen molar-refractivity contribution in [3.8, 4) is 23.4 Å². The Bertz CT molecular complexity index is 891. The molecule has 9 nitrogen and oxygen atoms in total. The van der Waals surface area contributed by atoms with Crippen LogP contribution >= 0.6 is 0 Å². The smallest absolute Gasteiger partial charge is 0.319 e. The molecule has 152 valence electrons. The predicted molar refractivity (Wildman–Crippen MR) is 105 cm³/mol. The van der Waals surface area contributed by atoms with Gasteiger partial charge in [-0.15, -0.1) is 0 Å². The highest BCUT2D eigenvalue weighted by atomic mass is 16.5. The number of carbonyl (C=O) groups excluding carboxylic acids is 1. The number of hydrogen-bond donors (Lipinski definition) is 2. The fourth-order valence-electron chi connectivity index (χ4n) is 3.24. The summed E-state index contributed by atoms with van der Waals surface area (Å²) in [7, 11) is 3.10. The van der Waals surface area contributed by atoms with Gasteiger partial charge in [0.2, 0.25) is 5.69 Å². The topological polar surface area (TPSA) is 118 Å². The molecule has 1 aromatic heterocycles. The molecule has 9 heteroatoms. The molecule has 0 spiro atoms. The Morgan fingerprint density at radius 2 is 1.83 bits per heavy atom. The van der Waals surface area contributed by atoms with Gasteiger partial charge in [0, 0.05) is 30.2 Å². The molecule has 1 saturated carbocycles. The molecule has 0 bridgehead atoms. The van der Waals surface area contributed by atoms with Gasteiger partial charge in [-0.1, -0.05) is 0 Å². The molecule has 1 fully saturated rings. The van der Waals surface area contributed by atoms with Crippen molar-refractivity contribution in [2.45, 2.75) is 37.8 Å². The van der Waals surface area contributed by atoms with Gasteiger partial charge in [0.25, 0.3) is 5.88 Å². The Kier molecular flexibility index (Phi) is 6.68. The second-order valence-electron chi connectivity index (χ2n) is 6.58. The van der Waals surface area contributed by atoms with Crippen LogP contribution in [0.1, 0.15) is 31.4 Å². The van der Waals surface area contributed by atoms with Gasteiger partial charge >= 0.3 is 6.03 Å². The van der Waals surface area contributed by atoms with Crippen LogP contribution < -0.4 is 24.8 Å². The SMILES string of the molecule is COc1ccc(NC(=O)NC2CCC(Oc3nccnc3C#N)CC2)cc1OC. The van der Waals surface area contributed by atoms with Crippen LogP contribution in [0, 0.1) is 11.3 Å². The highest BCUT2D eigenvalue weighted by molar-refractivity contribution is 5.89. The second-order valence-corrected chi connectivity index (χ2v) is 6.58. The maximum atomic E-state index is 12.3. The summed E-state index contributed by atoms with van der Waals surface area (Å²) in [5, 5.41) is 14.9. The number of aromatic nitrogens is 2. The summed E-state index contributed by atoms with van der Waals surface area (Å²) in [6, 6.07) is 6.94. The van der Waals surface area contributed by atoms with E-state index in [1.165, 1.54) is 12.4 Å². The first-order valence-corrected chi connectivity index (χ1v) is 9.30. The Balaban J connectivity index is 1.48. The monoisotopic (exact) mass is 397 g/mol. The van der Waals surface area contributed by atoms with Gasteiger partial charge in [-0.25, -0.2) is 14.8 Å². The zero-order valence-electron chi connectivity index (χ0n) is 16.3. The van der Waals surface area contributed by atoms with E-state index >= 15 is 0 Å². The molecule has 1 heterocycles. The molecule has 0 aliphatic heterocycles. The number of ether oxygens (including phenoxy) is 3. The van der Waals surface area contributed by atoms with Crippen molar-refractivity contribution >= 4 is 11.7 Å². The average Bonchev–Trinajstić information content (AvgIpc) is 2.75. The lowest BCUT2D eigenvalue weighted by atomic mass is 9.93. The number of benzene rings is 1.